The van der Waals surface area contributed by atoms with Gasteiger partial charge in [-0.15, -0.1) is 10.2 Å². The van der Waals surface area contributed by atoms with Gasteiger partial charge in [0.15, 0.2) is 5.82 Å². The number of aromatic carboxylic acids is 1. The van der Waals surface area contributed by atoms with Gasteiger partial charge in [0.2, 0.25) is 0 Å². The van der Waals surface area contributed by atoms with Crippen molar-refractivity contribution in [2.24, 2.45) is 0 Å². The molecule has 3 rings (SSSR count). The van der Waals surface area contributed by atoms with Crippen LogP contribution in [0.25, 0.3) is 11.3 Å². The molecule has 1 atom stereocenters. The van der Waals surface area contributed by atoms with Crippen molar-refractivity contribution in [1.82, 2.24) is 15.5 Å². The maximum Gasteiger partial charge on any atom is 0.416 e. The maximum atomic E-state index is 12.8. The van der Waals surface area contributed by atoms with E-state index in [2.05, 4.69) is 20.8 Å². The average molecular weight is 396 g/mol. The van der Waals surface area contributed by atoms with E-state index < -0.39 is 23.5 Å². The van der Waals surface area contributed by atoms with Crippen LogP contribution in [0.4, 0.5) is 19.0 Å². The number of hydrogen-bond acceptors (Lipinski definition) is 6. The molecule has 28 heavy (non-hydrogen) atoms. The number of carboxylic acid groups (broad SMARTS) is 1. The van der Waals surface area contributed by atoms with Gasteiger partial charge in [-0.2, -0.15) is 13.2 Å². The third-order valence-electron chi connectivity index (χ3n) is 4.65. The summed E-state index contributed by atoms with van der Waals surface area (Å²) in [5.41, 5.74) is -0.957. The summed E-state index contributed by atoms with van der Waals surface area (Å²) in [5, 5.41) is 33.9. The van der Waals surface area contributed by atoms with Crippen molar-refractivity contribution in [2.75, 3.05) is 18.4 Å². The van der Waals surface area contributed by atoms with Gasteiger partial charge in [-0.3, -0.25) is 0 Å². The predicted octanol–water partition coefficient (Wildman–Crippen LogP) is 3.04. The molecule has 0 unspecified atom stereocenters. The van der Waals surface area contributed by atoms with Crippen LogP contribution in [-0.2, 0) is 6.18 Å². The number of carboxylic acids is 1. The summed E-state index contributed by atoms with van der Waals surface area (Å²) in [6.45, 7) is 3.02. The number of hydrogen-bond donors (Lipinski definition) is 4. The number of aromatic nitrogens is 2. The zero-order chi connectivity index (χ0) is 20.5. The third kappa shape index (κ3) is 4.01. The van der Waals surface area contributed by atoms with Crippen molar-refractivity contribution >= 4 is 11.8 Å². The lowest BCUT2D eigenvalue weighted by Gasteiger charge is -2.25. The smallest absolute Gasteiger partial charge is 0.416 e. The second-order valence-corrected chi connectivity index (χ2v) is 6.62. The van der Waals surface area contributed by atoms with E-state index in [9.17, 15) is 28.2 Å². The molecule has 1 aliphatic rings. The summed E-state index contributed by atoms with van der Waals surface area (Å²) in [6, 6.07) is 2.43. The minimum Gasteiger partial charge on any atom is -0.507 e. The van der Waals surface area contributed by atoms with E-state index in [0.29, 0.717) is 12.6 Å². The molecular formula is C18H19F3N4O3. The number of phenols is 1. The second kappa shape index (κ2) is 7.63. The zero-order valence-corrected chi connectivity index (χ0v) is 15.0. The van der Waals surface area contributed by atoms with Crippen molar-refractivity contribution in [1.29, 1.82) is 0 Å². The van der Waals surface area contributed by atoms with E-state index in [1.54, 1.807) is 0 Å². The summed E-state index contributed by atoms with van der Waals surface area (Å²) in [7, 11) is 0. The number of phenolic OH excluding ortho intramolecular Hbond substituents is 1. The summed E-state index contributed by atoms with van der Waals surface area (Å²) in [5.74, 6) is -1.80. The van der Waals surface area contributed by atoms with Crippen molar-refractivity contribution in [3.05, 3.63) is 34.9 Å². The SMILES string of the molecule is Cc1c(-c2ccc(C(F)(F)F)cc2O)nnc(N[C@@H]2CCCNC2)c1C(=O)O. The molecule has 1 fully saturated rings. The normalized spacial score (nSPS) is 17.4. The van der Waals surface area contributed by atoms with E-state index >= 15 is 0 Å². The number of nitrogens with zero attached hydrogens (tertiary/aromatic N) is 2. The van der Waals surface area contributed by atoms with Crippen LogP contribution in [-0.4, -0.2) is 45.5 Å². The number of halogens is 3. The lowest BCUT2D eigenvalue weighted by atomic mass is 10.00. The Hall–Kier alpha value is -2.88. The Morgan fingerprint density at radius 3 is 2.64 bits per heavy atom. The topological polar surface area (TPSA) is 107 Å². The quantitative estimate of drug-likeness (QED) is 0.629. The fourth-order valence-corrected chi connectivity index (χ4v) is 3.22. The monoisotopic (exact) mass is 396 g/mol. The molecule has 0 saturated carbocycles. The Morgan fingerprint density at radius 2 is 2.07 bits per heavy atom. The second-order valence-electron chi connectivity index (χ2n) is 6.62. The predicted molar refractivity (Wildman–Crippen MR) is 95.3 cm³/mol. The molecule has 1 aromatic heterocycles. The molecule has 2 aromatic rings. The number of rotatable bonds is 4. The number of aromatic hydroxyl groups is 1. The highest BCUT2D eigenvalue weighted by atomic mass is 19.4. The molecule has 0 aliphatic carbocycles. The van der Waals surface area contributed by atoms with Crippen LogP contribution in [0.3, 0.4) is 0 Å². The molecule has 10 heteroatoms. The highest BCUT2D eigenvalue weighted by Crippen LogP contribution is 2.37. The average Bonchev–Trinajstić information content (AvgIpc) is 2.62. The number of benzene rings is 1. The van der Waals surface area contributed by atoms with E-state index in [1.807, 2.05) is 0 Å². The first-order valence-corrected chi connectivity index (χ1v) is 8.67. The summed E-state index contributed by atoms with van der Waals surface area (Å²) < 4.78 is 38.4. The van der Waals surface area contributed by atoms with Crippen molar-refractivity contribution in [3.63, 3.8) is 0 Å². The molecule has 0 radical (unpaired) electrons. The van der Waals surface area contributed by atoms with Gasteiger partial charge < -0.3 is 20.8 Å². The number of piperidine rings is 1. The fraction of sp³-hybridized carbons (Fsp3) is 0.389. The Kier molecular flexibility index (Phi) is 5.41. The number of nitrogens with one attached hydrogen (secondary N) is 2. The molecule has 1 saturated heterocycles. The van der Waals surface area contributed by atoms with Gasteiger partial charge in [0.05, 0.1) is 5.56 Å². The van der Waals surface area contributed by atoms with Gasteiger partial charge in [0.1, 0.15) is 17.0 Å². The van der Waals surface area contributed by atoms with E-state index in [4.69, 9.17) is 0 Å². The molecular weight excluding hydrogens is 377 g/mol. The van der Waals surface area contributed by atoms with Gasteiger partial charge in [-0.05, 0) is 50.1 Å². The standard InChI is InChI=1S/C18H19F3N4O3/c1-9-14(17(27)28)16(23-11-3-2-6-22-8-11)25-24-15(9)12-5-4-10(7-13(12)26)18(19,20)21/h4-5,7,11,22,26H,2-3,6,8H2,1H3,(H,23,25)(H,27,28)/t11-/m1/s1. The van der Waals surface area contributed by atoms with Crippen molar-refractivity contribution in [3.8, 4) is 17.0 Å². The number of anilines is 1. The Bertz CT molecular complexity index is 896. The van der Waals surface area contributed by atoms with Crippen molar-refractivity contribution in [2.45, 2.75) is 32.0 Å². The van der Waals surface area contributed by atoms with Gasteiger partial charge in [-0.25, -0.2) is 4.79 Å². The molecule has 150 valence electrons. The minimum absolute atomic E-state index is 0.00845. The maximum absolute atomic E-state index is 12.8. The van der Waals surface area contributed by atoms with Crippen LogP contribution in [0.5, 0.6) is 5.75 Å². The van der Waals surface area contributed by atoms with Gasteiger partial charge in [0, 0.05) is 18.2 Å². The van der Waals surface area contributed by atoms with E-state index in [1.165, 1.54) is 6.92 Å². The molecule has 4 N–H and O–H groups in total. The van der Waals surface area contributed by atoms with Crippen LogP contribution >= 0.6 is 0 Å². The fourth-order valence-electron chi connectivity index (χ4n) is 3.22. The van der Waals surface area contributed by atoms with E-state index in [-0.39, 0.29) is 34.2 Å². The van der Waals surface area contributed by atoms with Crippen LogP contribution in [0.15, 0.2) is 18.2 Å². The summed E-state index contributed by atoms with van der Waals surface area (Å²) in [4.78, 5) is 11.8. The van der Waals surface area contributed by atoms with Gasteiger partial charge in [0.25, 0.3) is 0 Å². The first-order chi connectivity index (χ1) is 13.2. The Morgan fingerprint density at radius 1 is 1.32 bits per heavy atom. The number of carbonyl (C=O) groups is 1. The molecule has 0 amide bonds. The first-order valence-electron chi connectivity index (χ1n) is 8.67. The highest BCUT2D eigenvalue weighted by molar-refractivity contribution is 5.96. The van der Waals surface area contributed by atoms with Gasteiger partial charge >= 0.3 is 12.1 Å². The first kappa shape index (κ1) is 19.9. The third-order valence-corrected chi connectivity index (χ3v) is 4.65. The van der Waals surface area contributed by atoms with Crippen LogP contribution < -0.4 is 10.6 Å². The lowest BCUT2D eigenvalue weighted by molar-refractivity contribution is -0.137. The van der Waals surface area contributed by atoms with Crippen LogP contribution in [0, 0.1) is 6.92 Å². The van der Waals surface area contributed by atoms with Crippen LogP contribution in [0.2, 0.25) is 0 Å². The molecule has 0 bridgehead atoms. The zero-order valence-electron chi connectivity index (χ0n) is 15.0. The largest absolute Gasteiger partial charge is 0.507 e. The summed E-state index contributed by atoms with van der Waals surface area (Å²) >= 11 is 0. The highest BCUT2D eigenvalue weighted by Gasteiger charge is 2.32. The summed E-state index contributed by atoms with van der Waals surface area (Å²) in [6.07, 6.45) is -2.83. The molecule has 7 nitrogen and oxygen atoms in total. The molecule has 0 spiro atoms. The molecule has 1 aliphatic heterocycles. The molecule has 1 aromatic carbocycles. The minimum atomic E-state index is -4.61. The molecule has 2 heterocycles. The lowest BCUT2D eigenvalue weighted by Crippen LogP contribution is -2.39. The van der Waals surface area contributed by atoms with Crippen molar-refractivity contribution < 1.29 is 28.2 Å². The number of alkyl halides is 3. The van der Waals surface area contributed by atoms with E-state index in [0.717, 1.165) is 31.5 Å². The van der Waals surface area contributed by atoms with Gasteiger partial charge in [-0.1, -0.05) is 0 Å². The van der Waals surface area contributed by atoms with Crippen LogP contribution in [0.1, 0.15) is 34.3 Å². The Balaban J connectivity index is 2.01. The Labute approximate surface area is 158 Å².